The Balaban J connectivity index is 2.17. The molecule has 3 aliphatic rings. The van der Waals surface area contributed by atoms with Crippen molar-refractivity contribution in [2.75, 3.05) is 14.2 Å². The Morgan fingerprint density at radius 3 is 2.12 bits per heavy atom. The van der Waals surface area contributed by atoms with Gasteiger partial charge in [-0.05, 0) is 67.2 Å². The molecule has 0 saturated carbocycles. The van der Waals surface area contributed by atoms with Gasteiger partial charge < -0.3 is 58.9 Å². The second-order valence-corrected chi connectivity index (χ2v) is 17.6. The summed E-state index contributed by atoms with van der Waals surface area (Å²) in [5.41, 5.74) is -5.00. The summed E-state index contributed by atoms with van der Waals surface area (Å²) in [7, 11) is 3.08. The molecule has 3 heterocycles. The molecule has 3 saturated heterocycles. The Hall–Kier alpha value is -2.05. The number of carbonyl (C=O) groups excluding carboxylic acids is 3. The van der Waals surface area contributed by atoms with E-state index in [9.17, 15) is 39.9 Å². The highest BCUT2D eigenvalue weighted by molar-refractivity contribution is 5.83. The number of Topliss-reactive ketones (excluding diaryl/α,β-unsaturated/α-hetero) is 1. The van der Waals surface area contributed by atoms with E-state index >= 15 is 0 Å². The minimum absolute atomic E-state index is 0.0568. The van der Waals surface area contributed by atoms with Crippen LogP contribution in [-0.4, -0.2) is 147 Å². The fourth-order valence-corrected chi connectivity index (χ4v) is 8.96. The molecule has 0 aromatic rings. The van der Waals surface area contributed by atoms with Crippen molar-refractivity contribution in [3.8, 4) is 0 Å². The zero-order valence-corrected chi connectivity index (χ0v) is 36.4. The highest BCUT2D eigenvalue weighted by Crippen LogP contribution is 2.41. The van der Waals surface area contributed by atoms with Gasteiger partial charge in [0.2, 0.25) is 5.91 Å². The first-order chi connectivity index (χ1) is 26.4. The number of amides is 1. The topological polar surface area (TPSA) is 211 Å². The van der Waals surface area contributed by atoms with Gasteiger partial charge in [-0.15, -0.1) is 0 Å². The number of aliphatic hydroxyl groups is 5. The van der Waals surface area contributed by atoms with Gasteiger partial charge in [0.25, 0.3) is 0 Å². The summed E-state index contributed by atoms with van der Waals surface area (Å²) in [5, 5.41) is 58.3. The molecule has 15 nitrogen and oxygen atoms in total. The van der Waals surface area contributed by atoms with Crippen LogP contribution in [0.5, 0.6) is 0 Å². The van der Waals surface area contributed by atoms with Gasteiger partial charge in [-0.1, -0.05) is 46.8 Å². The second kappa shape index (κ2) is 20.0. The number of hydrogen-bond acceptors (Lipinski definition) is 14. The molecule has 1 amide bonds. The molecule has 0 aromatic carbocycles. The maximum atomic E-state index is 14.2. The summed E-state index contributed by atoms with van der Waals surface area (Å²) in [6.07, 6.45) is -6.46. The lowest BCUT2D eigenvalue weighted by Gasteiger charge is -2.49. The number of aliphatic hydroxyl groups excluding tert-OH is 3. The minimum atomic E-state index is -2.03. The van der Waals surface area contributed by atoms with Crippen LogP contribution in [-0.2, 0) is 42.8 Å². The molecule has 330 valence electrons. The Labute approximate surface area is 339 Å². The van der Waals surface area contributed by atoms with Crippen LogP contribution >= 0.6 is 0 Å². The number of cyclic esters (lactones) is 1. The minimum Gasteiger partial charge on any atom is -0.459 e. The van der Waals surface area contributed by atoms with Crippen molar-refractivity contribution in [3.63, 3.8) is 0 Å². The first-order valence-corrected chi connectivity index (χ1v) is 20.7. The SMILES string of the molecule is CC/C=C\CC(=O)N(C)[C@H]1C[C@@H](C)O[C@@H](O[C@@H]2[C@@H](C)[C@H](O[C@H]3C[C@@](C)(OC)[C@@H](O)[C@H](C)O3)[C@@H](C)C(=O)O[C@H](CC)[C@@](C)(O)[C@H](O)[C@@H](C)C(=O)[C@H](C)C[C@@]2(C)O)[C@@H]1O. The van der Waals surface area contributed by atoms with E-state index in [1.165, 1.54) is 32.8 Å². The third-order valence-corrected chi connectivity index (χ3v) is 12.7. The number of allylic oxidation sites excluding steroid dienone is 1. The van der Waals surface area contributed by atoms with E-state index in [1.807, 2.05) is 13.0 Å². The Kier molecular flexibility index (Phi) is 17.3. The van der Waals surface area contributed by atoms with Gasteiger partial charge in [0, 0.05) is 44.8 Å². The van der Waals surface area contributed by atoms with Crippen LogP contribution in [0.1, 0.15) is 115 Å². The maximum Gasteiger partial charge on any atom is 0.311 e. The average Bonchev–Trinajstić information content (AvgIpc) is 3.15. The van der Waals surface area contributed by atoms with Crippen molar-refractivity contribution >= 4 is 17.7 Å². The van der Waals surface area contributed by atoms with Crippen molar-refractivity contribution in [2.24, 2.45) is 23.7 Å². The lowest BCUT2D eigenvalue weighted by atomic mass is 9.74. The van der Waals surface area contributed by atoms with Crippen LogP contribution < -0.4 is 0 Å². The Morgan fingerprint density at radius 1 is 0.912 bits per heavy atom. The third kappa shape index (κ3) is 11.2. The molecule has 0 aromatic heterocycles. The van der Waals surface area contributed by atoms with Gasteiger partial charge in [-0.3, -0.25) is 14.4 Å². The van der Waals surface area contributed by atoms with Gasteiger partial charge in [-0.2, -0.15) is 0 Å². The number of carbonyl (C=O) groups is 3. The van der Waals surface area contributed by atoms with Crippen LogP contribution in [0.4, 0.5) is 0 Å². The summed E-state index contributed by atoms with van der Waals surface area (Å²) in [6.45, 7) is 18.0. The van der Waals surface area contributed by atoms with Gasteiger partial charge in [0.05, 0.1) is 53.7 Å². The third-order valence-electron chi connectivity index (χ3n) is 12.7. The van der Waals surface area contributed by atoms with Crippen LogP contribution in [0.25, 0.3) is 0 Å². The molecular formula is C42H73NO14. The van der Waals surface area contributed by atoms with E-state index in [0.717, 1.165) is 6.42 Å². The molecule has 3 rings (SSSR count). The summed E-state index contributed by atoms with van der Waals surface area (Å²) in [5.74, 6) is -5.50. The van der Waals surface area contributed by atoms with Crippen LogP contribution in [0.15, 0.2) is 12.2 Å². The molecule has 0 radical (unpaired) electrons. The molecule has 0 spiro atoms. The molecule has 57 heavy (non-hydrogen) atoms. The van der Waals surface area contributed by atoms with Gasteiger partial charge in [0.15, 0.2) is 12.6 Å². The summed E-state index contributed by atoms with van der Waals surface area (Å²) in [4.78, 5) is 42.8. The number of rotatable bonds is 10. The van der Waals surface area contributed by atoms with Gasteiger partial charge in [0.1, 0.15) is 29.7 Å². The molecule has 3 aliphatic heterocycles. The molecule has 0 bridgehead atoms. The highest BCUT2D eigenvalue weighted by Gasteiger charge is 2.53. The maximum absolute atomic E-state index is 14.2. The van der Waals surface area contributed by atoms with Crippen molar-refractivity contribution in [2.45, 2.75) is 199 Å². The van der Waals surface area contributed by atoms with Crippen LogP contribution in [0.2, 0.25) is 0 Å². The predicted octanol–water partition coefficient (Wildman–Crippen LogP) is 3.04. The molecule has 18 atom stereocenters. The lowest BCUT2D eigenvalue weighted by molar-refractivity contribution is -0.317. The summed E-state index contributed by atoms with van der Waals surface area (Å²) < 4.78 is 37.2. The molecule has 0 aliphatic carbocycles. The van der Waals surface area contributed by atoms with E-state index in [4.69, 9.17) is 28.4 Å². The van der Waals surface area contributed by atoms with Crippen molar-refractivity contribution < 1.29 is 68.3 Å². The number of hydrogen-bond donors (Lipinski definition) is 5. The molecule has 0 unspecified atom stereocenters. The van der Waals surface area contributed by atoms with Crippen LogP contribution in [0.3, 0.4) is 0 Å². The van der Waals surface area contributed by atoms with Crippen LogP contribution in [0, 0.1) is 23.7 Å². The van der Waals surface area contributed by atoms with E-state index in [1.54, 1.807) is 61.6 Å². The van der Waals surface area contributed by atoms with Crippen molar-refractivity contribution in [1.29, 1.82) is 0 Å². The first kappa shape index (κ1) is 49.3. The normalized spacial score (nSPS) is 45.7. The van der Waals surface area contributed by atoms with E-state index in [2.05, 4.69) is 0 Å². The number of methoxy groups -OCH3 is 1. The van der Waals surface area contributed by atoms with E-state index < -0.39 is 120 Å². The number of nitrogens with zero attached hydrogens (tertiary/aromatic N) is 1. The van der Waals surface area contributed by atoms with Gasteiger partial charge in [-0.25, -0.2) is 0 Å². The predicted molar refractivity (Wildman–Crippen MR) is 209 cm³/mol. The standard InChI is InChI=1S/C42H73NO14/c1-14-16-17-18-30(44)43(12)28-19-23(4)53-39(33(28)46)57-37-25(6)34(56-31-21-41(10,52-13)36(48)27(8)54-31)26(7)38(49)55-29(15-2)42(11,51)35(47)24(5)32(45)22(3)20-40(37,9)50/h16-17,22-29,31,33-37,39,46-48,50-51H,14-15,18-21H2,1-13H3/b17-16-/t22-,23-,24+,25+,26-,27+,28+,29-,31+,33-,34+,35-,36+,37-,39+,40-,41-,42-/m1/s1. The quantitative estimate of drug-likeness (QED) is 0.159. The number of likely N-dealkylation sites (N-methyl/N-ethyl adjacent to an activating group) is 1. The fourth-order valence-electron chi connectivity index (χ4n) is 8.96. The van der Waals surface area contributed by atoms with Gasteiger partial charge >= 0.3 is 5.97 Å². The van der Waals surface area contributed by atoms with Crippen molar-refractivity contribution in [3.05, 3.63) is 12.2 Å². The monoisotopic (exact) mass is 816 g/mol. The van der Waals surface area contributed by atoms with Crippen molar-refractivity contribution in [1.82, 2.24) is 4.90 Å². The Morgan fingerprint density at radius 2 is 1.54 bits per heavy atom. The smallest absolute Gasteiger partial charge is 0.311 e. The zero-order valence-electron chi connectivity index (χ0n) is 36.4. The fraction of sp³-hybridized carbons (Fsp3) is 0.881. The largest absolute Gasteiger partial charge is 0.459 e. The number of esters is 1. The first-order valence-electron chi connectivity index (χ1n) is 20.7. The molecule has 15 heteroatoms. The summed E-state index contributed by atoms with van der Waals surface area (Å²) >= 11 is 0. The number of ketones is 1. The molecule has 3 fully saturated rings. The van der Waals surface area contributed by atoms with E-state index in [0.29, 0.717) is 6.42 Å². The molecular weight excluding hydrogens is 742 g/mol. The number of ether oxygens (including phenoxy) is 6. The average molecular weight is 816 g/mol. The van der Waals surface area contributed by atoms with E-state index in [-0.39, 0.29) is 31.6 Å². The molecule has 5 N–H and O–H groups in total. The highest BCUT2D eigenvalue weighted by atomic mass is 16.7. The zero-order chi connectivity index (χ0) is 43.4. The second-order valence-electron chi connectivity index (χ2n) is 17.6. The lowest BCUT2D eigenvalue weighted by Crippen LogP contribution is -2.61. The Bertz CT molecular complexity index is 1370. The summed E-state index contributed by atoms with van der Waals surface area (Å²) in [6, 6.07) is -0.710.